The van der Waals surface area contributed by atoms with Crippen LogP contribution in [0.3, 0.4) is 0 Å². The van der Waals surface area contributed by atoms with Crippen LogP contribution in [0.5, 0.6) is 5.75 Å². The SMILES string of the molecule is NNc1c(COc2ccccc2)cccc1[N+](=O)[O-]. The van der Waals surface area contributed by atoms with Crippen LogP contribution in [0.2, 0.25) is 0 Å². The molecule has 6 heteroatoms. The van der Waals surface area contributed by atoms with Gasteiger partial charge in [-0.05, 0) is 12.1 Å². The Bertz CT molecular complexity index is 573. The Balaban J connectivity index is 2.21. The number of hydrogen-bond acceptors (Lipinski definition) is 5. The van der Waals surface area contributed by atoms with Crippen LogP contribution < -0.4 is 16.0 Å². The molecule has 2 rings (SSSR count). The molecule has 6 nitrogen and oxygen atoms in total. The second-order valence-corrected chi connectivity index (χ2v) is 3.81. The van der Waals surface area contributed by atoms with Gasteiger partial charge in [0, 0.05) is 11.6 Å². The molecule has 2 aromatic carbocycles. The van der Waals surface area contributed by atoms with E-state index in [1.807, 2.05) is 30.3 Å². The number of rotatable bonds is 5. The summed E-state index contributed by atoms with van der Waals surface area (Å²) in [6.07, 6.45) is 0. The van der Waals surface area contributed by atoms with E-state index in [4.69, 9.17) is 10.6 Å². The predicted octanol–water partition coefficient (Wildman–Crippen LogP) is 2.46. The highest BCUT2D eigenvalue weighted by Gasteiger charge is 2.16. The minimum Gasteiger partial charge on any atom is -0.489 e. The Morgan fingerprint density at radius 2 is 1.89 bits per heavy atom. The standard InChI is InChI=1S/C13H13N3O3/c14-15-13-10(5-4-8-12(13)16(17)18)9-19-11-6-2-1-3-7-11/h1-8,15H,9,14H2. The number of para-hydroxylation sites is 2. The van der Waals surface area contributed by atoms with Gasteiger partial charge >= 0.3 is 0 Å². The van der Waals surface area contributed by atoms with Gasteiger partial charge in [-0.3, -0.25) is 16.0 Å². The normalized spacial score (nSPS) is 9.95. The van der Waals surface area contributed by atoms with E-state index < -0.39 is 4.92 Å². The van der Waals surface area contributed by atoms with Gasteiger partial charge in [0.2, 0.25) is 0 Å². The molecular weight excluding hydrogens is 246 g/mol. The molecule has 0 spiro atoms. The van der Waals surface area contributed by atoms with E-state index in [-0.39, 0.29) is 18.0 Å². The van der Waals surface area contributed by atoms with Crippen molar-refractivity contribution in [1.82, 2.24) is 0 Å². The van der Waals surface area contributed by atoms with Crippen LogP contribution in [-0.2, 0) is 6.61 Å². The fraction of sp³-hybridized carbons (Fsp3) is 0.0769. The Hall–Kier alpha value is -2.60. The number of nitrogens with zero attached hydrogens (tertiary/aromatic N) is 1. The van der Waals surface area contributed by atoms with Crippen molar-refractivity contribution < 1.29 is 9.66 Å². The van der Waals surface area contributed by atoms with Crippen molar-refractivity contribution in [2.75, 3.05) is 5.43 Å². The third kappa shape index (κ3) is 2.99. The topological polar surface area (TPSA) is 90.4 Å². The van der Waals surface area contributed by atoms with Crippen molar-refractivity contribution >= 4 is 11.4 Å². The highest BCUT2D eigenvalue weighted by molar-refractivity contribution is 5.65. The van der Waals surface area contributed by atoms with Crippen molar-refractivity contribution in [2.24, 2.45) is 5.84 Å². The summed E-state index contributed by atoms with van der Waals surface area (Å²) in [6, 6.07) is 13.9. The summed E-state index contributed by atoms with van der Waals surface area (Å²) < 4.78 is 5.55. The maximum atomic E-state index is 10.9. The molecule has 0 bridgehead atoms. The van der Waals surface area contributed by atoms with Crippen molar-refractivity contribution in [3.63, 3.8) is 0 Å². The van der Waals surface area contributed by atoms with Crippen molar-refractivity contribution in [2.45, 2.75) is 6.61 Å². The number of hydrogen-bond donors (Lipinski definition) is 2. The van der Waals surface area contributed by atoms with E-state index in [1.54, 1.807) is 12.1 Å². The van der Waals surface area contributed by atoms with Gasteiger partial charge in [-0.25, -0.2) is 0 Å². The van der Waals surface area contributed by atoms with Crippen LogP contribution in [0.4, 0.5) is 11.4 Å². The molecule has 0 aromatic heterocycles. The molecule has 2 aromatic rings. The second-order valence-electron chi connectivity index (χ2n) is 3.81. The molecule has 0 saturated carbocycles. The lowest BCUT2D eigenvalue weighted by Crippen LogP contribution is -2.12. The molecule has 0 aliphatic rings. The van der Waals surface area contributed by atoms with E-state index in [9.17, 15) is 10.1 Å². The maximum Gasteiger partial charge on any atom is 0.294 e. The third-order valence-electron chi connectivity index (χ3n) is 2.61. The van der Waals surface area contributed by atoms with Gasteiger partial charge in [0.05, 0.1) is 4.92 Å². The van der Waals surface area contributed by atoms with Crippen LogP contribution in [0, 0.1) is 10.1 Å². The lowest BCUT2D eigenvalue weighted by Gasteiger charge is -2.10. The molecule has 0 unspecified atom stereocenters. The second kappa shape index (κ2) is 5.83. The number of nitrogen functional groups attached to an aromatic ring is 1. The average Bonchev–Trinajstić information content (AvgIpc) is 2.45. The molecule has 3 N–H and O–H groups in total. The van der Waals surface area contributed by atoms with Gasteiger partial charge in [-0.2, -0.15) is 0 Å². The number of anilines is 1. The summed E-state index contributed by atoms with van der Waals surface area (Å²) >= 11 is 0. The minimum absolute atomic E-state index is 0.0725. The first-order valence-corrected chi connectivity index (χ1v) is 5.63. The number of nitro benzene ring substituents is 1. The Morgan fingerprint density at radius 3 is 2.53 bits per heavy atom. The summed E-state index contributed by atoms with van der Waals surface area (Å²) in [5, 5.41) is 10.9. The van der Waals surface area contributed by atoms with Gasteiger partial charge in [0.15, 0.2) is 0 Å². The smallest absolute Gasteiger partial charge is 0.294 e. The molecule has 0 aliphatic heterocycles. The van der Waals surface area contributed by atoms with E-state index in [1.165, 1.54) is 6.07 Å². The molecule has 0 fully saturated rings. The molecule has 98 valence electrons. The summed E-state index contributed by atoms with van der Waals surface area (Å²) in [6.45, 7) is 0.200. The van der Waals surface area contributed by atoms with Crippen molar-refractivity contribution in [3.05, 3.63) is 64.2 Å². The maximum absolute atomic E-state index is 10.9. The van der Waals surface area contributed by atoms with Crippen molar-refractivity contribution in [1.29, 1.82) is 0 Å². The number of nitrogens with two attached hydrogens (primary N) is 1. The quantitative estimate of drug-likeness (QED) is 0.489. The lowest BCUT2D eigenvalue weighted by molar-refractivity contribution is -0.384. The molecule has 0 aliphatic carbocycles. The van der Waals surface area contributed by atoms with Gasteiger partial charge in [0.25, 0.3) is 5.69 Å². The summed E-state index contributed by atoms with van der Waals surface area (Å²) in [4.78, 5) is 10.4. The first kappa shape index (κ1) is 12.8. The molecular formula is C13H13N3O3. The van der Waals surface area contributed by atoms with Crippen LogP contribution in [0.25, 0.3) is 0 Å². The molecule has 0 radical (unpaired) electrons. The highest BCUT2D eigenvalue weighted by Crippen LogP contribution is 2.28. The fourth-order valence-electron chi connectivity index (χ4n) is 1.70. The van der Waals surface area contributed by atoms with Crippen LogP contribution >= 0.6 is 0 Å². The monoisotopic (exact) mass is 259 g/mol. The third-order valence-corrected chi connectivity index (χ3v) is 2.61. The Labute approximate surface area is 109 Å². The van der Waals surface area contributed by atoms with Gasteiger partial charge in [-0.1, -0.05) is 30.3 Å². The molecule has 0 amide bonds. The van der Waals surface area contributed by atoms with Crippen molar-refractivity contribution in [3.8, 4) is 5.75 Å². The highest BCUT2D eigenvalue weighted by atomic mass is 16.6. The summed E-state index contributed by atoms with van der Waals surface area (Å²) in [7, 11) is 0. The zero-order valence-electron chi connectivity index (χ0n) is 10.1. The molecule has 0 heterocycles. The average molecular weight is 259 g/mol. The van der Waals surface area contributed by atoms with Gasteiger partial charge < -0.3 is 10.2 Å². The van der Waals surface area contributed by atoms with Crippen LogP contribution in [0.15, 0.2) is 48.5 Å². The summed E-state index contributed by atoms with van der Waals surface area (Å²) in [5.74, 6) is 6.04. The number of nitrogens with one attached hydrogen (secondary N) is 1. The molecule has 0 atom stereocenters. The zero-order valence-corrected chi connectivity index (χ0v) is 10.1. The number of nitro groups is 1. The van der Waals surface area contributed by atoms with E-state index in [0.29, 0.717) is 11.3 Å². The fourth-order valence-corrected chi connectivity index (χ4v) is 1.70. The first-order chi connectivity index (χ1) is 9.22. The zero-order chi connectivity index (χ0) is 13.7. The van der Waals surface area contributed by atoms with Crippen LogP contribution in [0.1, 0.15) is 5.56 Å². The number of benzene rings is 2. The Morgan fingerprint density at radius 1 is 1.16 bits per heavy atom. The van der Waals surface area contributed by atoms with E-state index >= 15 is 0 Å². The van der Waals surface area contributed by atoms with Crippen LogP contribution in [-0.4, -0.2) is 4.92 Å². The largest absolute Gasteiger partial charge is 0.489 e. The molecule has 19 heavy (non-hydrogen) atoms. The van der Waals surface area contributed by atoms with E-state index in [2.05, 4.69) is 5.43 Å². The van der Waals surface area contributed by atoms with E-state index in [0.717, 1.165) is 0 Å². The van der Waals surface area contributed by atoms with Gasteiger partial charge in [-0.15, -0.1) is 0 Å². The number of hydrazine groups is 1. The number of ether oxygens (including phenoxy) is 1. The predicted molar refractivity (Wildman–Crippen MR) is 71.7 cm³/mol. The lowest BCUT2D eigenvalue weighted by atomic mass is 10.1. The minimum atomic E-state index is -0.485. The van der Waals surface area contributed by atoms with Gasteiger partial charge in [0.1, 0.15) is 18.0 Å². The molecule has 0 saturated heterocycles. The Kier molecular flexibility index (Phi) is 3.94. The summed E-state index contributed by atoms with van der Waals surface area (Å²) in [5.41, 5.74) is 3.18. The first-order valence-electron chi connectivity index (χ1n) is 5.63.